The summed E-state index contributed by atoms with van der Waals surface area (Å²) in [6.45, 7) is 10.2. The van der Waals surface area contributed by atoms with Crippen molar-refractivity contribution in [2.24, 2.45) is 5.41 Å². The lowest BCUT2D eigenvalue weighted by molar-refractivity contribution is -0.151. The quantitative estimate of drug-likeness (QED) is 0.674. The number of phenols is 1. The summed E-state index contributed by atoms with van der Waals surface area (Å²) in [5.74, 6) is -0.256. The first-order valence-corrected chi connectivity index (χ1v) is 8.59. The number of phenolic OH excluding ortho intramolecular Hbond substituents is 1. The van der Waals surface area contributed by atoms with E-state index < -0.39 is 17.3 Å². The van der Waals surface area contributed by atoms with Crippen LogP contribution in [-0.2, 0) is 9.59 Å². The van der Waals surface area contributed by atoms with Crippen molar-refractivity contribution in [2.45, 2.75) is 41.5 Å². The first-order chi connectivity index (χ1) is 12.5. The van der Waals surface area contributed by atoms with Crippen LogP contribution in [0.4, 0.5) is 5.69 Å². The van der Waals surface area contributed by atoms with Crippen LogP contribution in [0.15, 0.2) is 24.3 Å². The molecule has 0 aliphatic rings. The van der Waals surface area contributed by atoms with Gasteiger partial charge in [0, 0.05) is 5.69 Å². The van der Waals surface area contributed by atoms with Gasteiger partial charge in [0.15, 0.2) is 0 Å². The molecule has 0 unspecified atom stereocenters. The Balaban J connectivity index is 2.23. The van der Waals surface area contributed by atoms with Crippen molar-refractivity contribution in [1.82, 2.24) is 0 Å². The van der Waals surface area contributed by atoms with Gasteiger partial charge in [0.1, 0.15) is 22.7 Å². The van der Waals surface area contributed by atoms with Gasteiger partial charge in [0.05, 0.1) is 0 Å². The molecule has 0 aliphatic carbocycles. The summed E-state index contributed by atoms with van der Waals surface area (Å²) in [4.78, 5) is 23.3. The van der Waals surface area contributed by atoms with Crippen molar-refractivity contribution in [3.05, 3.63) is 46.5 Å². The van der Waals surface area contributed by atoms with Gasteiger partial charge in [0.2, 0.25) is 5.91 Å². The molecule has 6 nitrogen and oxygen atoms in total. The predicted octanol–water partition coefficient (Wildman–Crippen LogP) is 4.47. The molecule has 6 heteroatoms. The Bertz CT molecular complexity index is 869. The van der Waals surface area contributed by atoms with Crippen LogP contribution in [0, 0.1) is 33.1 Å². The molecule has 0 radical (unpaired) electrons. The molecule has 0 aliphatic heterocycles. The Labute approximate surface area is 158 Å². The summed E-state index contributed by atoms with van der Waals surface area (Å²) in [5.41, 5.74) is 2.21. The van der Waals surface area contributed by atoms with Crippen molar-refractivity contribution in [3.63, 3.8) is 0 Å². The topological polar surface area (TPSA) is 95.9 Å². The number of ether oxygens (including phenoxy) is 1. The van der Waals surface area contributed by atoms with Crippen molar-refractivity contribution in [2.75, 3.05) is 5.32 Å². The van der Waals surface area contributed by atoms with E-state index in [4.69, 9.17) is 9.84 Å². The van der Waals surface area contributed by atoms with Crippen LogP contribution in [0.1, 0.15) is 36.1 Å². The Morgan fingerprint density at radius 2 is 1.41 bits per heavy atom. The Morgan fingerprint density at radius 1 is 0.926 bits per heavy atom. The van der Waals surface area contributed by atoms with E-state index in [2.05, 4.69) is 5.32 Å². The minimum absolute atomic E-state index is 0.274. The zero-order valence-electron chi connectivity index (χ0n) is 16.4. The first-order valence-electron chi connectivity index (χ1n) is 8.59. The number of aromatic hydroxyl groups is 1. The fourth-order valence-corrected chi connectivity index (χ4v) is 2.52. The summed E-state index contributed by atoms with van der Waals surface area (Å²) < 4.78 is 6.00. The lowest BCUT2D eigenvalue weighted by atomic mass is 9.92. The lowest BCUT2D eigenvalue weighted by Gasteiger charge is -2.19. The highest BCUT2D eigenvalue weighted by Gasteiger charge is 2.36. The highest BCUT2D eigenvalue weighted by Crippen LogP contribution is 2.38. The molecule has 0 saturated heterocycles. The molecule has 2 rings (SSSR count). The first kappa shape index (κ1) is 20.3. The Morgan fingerprint density at radius 3 is 1.85 bits per heavy atom. The third-order valence-corrected chi connectivity index (χ3v) is 4.95. The fourth-order valence-electron chi connectivity index (χ4n) is 2.52. The molecule has 0 aromatic heterocycles. The van der Waals surface area contributed by atoms with E-state index in [0.29, 0.717) is 17.2 Å². The molecule has 0 saturated carbocycles. The summed E-state index contributed by atoms with van der Waals surface area (Å²) >= 11 is 0. The van der Waals surface area contributed by atoms with Crippen molar-refractivity contribution >= 4 is 17.6 Å². The van der Waals surface area contributed by atoms with Crippen LogP contribution in [0.2, 0.25) is 0 Å². The van der Waals surface area contributed by atoms with Gasteiger partial charge >= 0.3 is 5.97 Å². The molecular weight excluding hydrogens is 346 g/mol. The second kappa shape index (κ2) is 7.31. The van der Waals surface area contributed by atoms with Gasteiger partial charge in [-0.1, -0.05) is 0 Å². The Kier molecular flexibility index (Phi) is 5.49. The fraction of sp³-hybridized carbons (Fsp3) is 0.333. The zero-order chi connectivity index (χ0) is 20.5. The molecule has 0 spiro atoms. The largest absolute Gasteiger partial charge is 0.507 e. The minimum atomic E-state index is -1.52. The number of carbonyl (C=O) groups excluding carboxylic acids is 1. The van der Waals surface area contributed by atoms with Gasteiger partial charge in [-0.15, -0.1) is 0 Å². The van der Waals surface area contributed by atoms with E-state index in [1.165, 1.54) is 13.8 Å². The number of carbonyl (C=O) groups is 2. The Hall–Kier alpha value is -3.02. The van der Waals surface area contributed by atoms with Crippen LogP contribution < -0.4 is 10.1 Å². The van der Waals surface area contributed by atoms with Gasteiger partial charge in [-0.2, -0.15) is 0 Å². The normalized spacial score (nSPS) is 11.2. The average Bonchev–Trinajstić information content (AvgIpc) is 2.63. The van der Waals surface area contributed by atoms with Crippen molar-refractivity contribution in [3.8, 4) is 17.2 Å². The summed E-state index contributed by atoms with van der Waals surface area (Å²) in [5, 5.41) is 21.9. The standard InChI is InChI=1S/C21H25NO5/c1-11-13(3)18(14(4)12(2)17(11)23)27-16-9-7-15(8-10-16)22-19(24)21(5,6)20(25)26/h7-10,23H,1-6H3,(H,22,24)(H,25,26). The molecule has 2 aromatic rings. The summed E-state index contributed by atoms with van der Waals surface area (Å²) in [6.07, 6.45) is 0. The smallest absolute Gasteiger partial charge is 0.318 e. The number of aliphatic carboxylic acids is 1. The van der Waals surface area contributed by atoms with Gasteiger partial charge in [-0.3, -0.25) is 9.59 Å². The predicted molar refractivity (Wildman–Crippen MR) is 104 cm³/mol. The molecule has 1 amide bonds. The SMILES string of the molecule is Cc1c(C)c(Oc2ccc(NC(=O)C(C)(C)C(=O)O)cc2)c(C)c(C)c1O. The monoisotopic (exact) mass is 371 g/mol. The van der Waals surface area contributed by atoms with E-state index in [1.807, 2.05) is 27.7 Å². The van der Waals surface area contributed by atoms with Crippen LogP contribution in [-0.4, -0.2) is 22.1 Å². The summed E-state index contributed by atoms with van der Waals surface area (Å²) in [6, 6.07) is 6.69. The highest BCUT2D eigenvalue weighted by molar-refractivity contribution is 6.07. The number of anilines is 1. The van der Waals surface area contributed by atoms with Crippen LogP contribution >= 0.6 is 0 Å². The van der Waals surface area contributed by atoms with E-state index in [0.717, 1.165) is 22.3 Å². The highest BCUT2D eigenvalue weighted by atomic mass is 16.5. The van der Waals surface area contributed by atoms with Crippen molar-refractivity contribution < 1.29 is 24.5 Å². The molecule has 2 aromatic carbocycles. The van der Waals surface area contributed by atoms with E-state index in [9.17, 15) is 14.7 Å². The maximum Gasteiger partial charge on any atom is 0.318 e. The second-order valence-electron chi connectivity index (χ2n) is 7.19. The van der Waals surface area contributed by atoms with Crippen LogP contribution in [0.3, 0.4) is 0 Å². The van der Waals surface area contributed by atoms with E-state index >= 15 is 0 Å². The van der Waals surface area contributed by atoms with E-state index in [-0.39, 0.29) is 5.75 Å². The molecule has 3 N–H and O–H groups in total. The summed E-state index contributed by atoms with van der Waals surface area (Å²) in [7, 11) is 0. The number of benzene rings is 2. The van der Waals surface area contributed by atoms with Crippen molar-refractivity contribution in [1.29, 1.82) is 0 Å². The molecule has 0 atom stereocenters. The maximum atomic E-state index is 12.1. The third-order valence-electron chi connectivity index (χ3n) is 4.95. The third kappa shape index (κ3) is 3.89. The van der Waals surface area contributed by atoms with Crippen LogP contribution in [0.25, 0.3) is 0 Å². The van der Waals surface area contributed by atoms with Gasteiger partial charge < -0.3 is 20.3 Å². The van der Waals surface area contributed by atoms with E-state index in [1.54, 1.807) is 24.3 Å². The zero-order valence-corrected chi connectivity index (χ0v) is 16.4. The van der Waals surface area contributed by atoms with Gasteiger partial charge in [0.25, 0.3) is 0 Å². The van der Waals surface area contributed by atoms with Crippen LogP contribution in [0.5, 0.6) is 17.2 Å². The number of amides is 1. The second-order valence-corrected chi connectivity index (χ2v) is 7.19. The number of hydrogen-bond acceptors (Lipinski definition) is 4. The van der Waals surface area contributed by atoms with Gasteiger partial charge in [-0.05, 0) is 88.1 Å². The molecule has 0 bridgehead atoms. The molecule has 0 heterocycles. The maximum absolute atomic E-state index is 12.1. The molecule has 27 heavy (non-hydrogen) atoms. The molecular formula is C21H25NO5. The molecule has 144 valence electrons. The van der Waals surface area contributed by atoms with Gasteiger partial charge in [-0.25, -0.2) is 0 Å². The molecule has 0 fully saturated rings. The number of rotatable bonds is 5. The average molecular weight is 371 g/mol. The lowest BCUT2D eigenvalue weighted by Crippen LogP contribution is -2.37. The number of carboxylic acids is 1. The number of nitrogens with one attached hydrogen (secondary N) is 1. The number of hydrogen-bond donors (Lipinski definition) is 3. The minimum Gasteiger partial charge on any atom is -0.507 e. The number of carboxylic acid groups (broad SMARTS) is 1.